The topological polar surface area (TPSA) is 43.4 Å². The Morgan fingerprint density at radius 1 is 1.04 bits per heavy atom. The van der Waals surface area contributed by atoms with Gasteiger partial charge in [0.25, 0.3) is 0 Å². The lowest BCUT2D eigenvalue weighted by Crippen LogP contribution is -2.24. The van der Waals surface area contributed by atoms with Crippen molar-refractivity contribution in [3.8, 4) is 0 Å². The molecule has 2 aromatic rings. The lowest BCUT2D eigenvalue weighted by atomic mass is 10.0. The number of rotatable bonds is 4. The average Bonchev–Trinajstić information content (AvgIpc) is 3.01. The molecule has 0 spiro atoms. The van der Waals surface area contributed by atoms with Crippen molar-refractivity contribution in [2.24, 2.45) is 0 Å². The molecule has 0 saturated carbocycles. The lowest BCUT2D eigenvalue weighted by molar-refractivity contribution is 0.0318. The molecule has 0 N–H and O–H groups in total. The summed E-state index contributed by atoms with van der Waals surface area (Å²) in [5.41, 5.74) is 3.59. The minimum Gasteiger partial charge on any atom is -0.451 e. The highest BCUT2D eigenvalue weighted by atomic mass is 79.9. The van der Waals surface area contributed by atoms with E-state index in [2.05, 4.69) is 15.9 Å². The number of hydrogen-bond acceptors (Lipinski definition) is 3. The van der Waals surface area contributed by atoms with Gasteiger partial charge in [-0.25, -0.2) is 4.79 Å². The fraction of sp³-hybridized carbons (Fsp3) is 0.263. The summed E-state index contributed by atoms with van der Waals surface area (Å²) in [6.07, 6.45) is 2.43. The zero-order valence-electron chi connectivity index (χ0n) is 12.8. The molecule has 0 amide bonds. The van der Waals surface area contributed by atoms with E-state index in [9.17, 15) is 9.59 Å². The molecule has 23 heavy (non-hydrogen) atoms. The van der Waals surface area contributed by atoms with Crippen molar-refractivity contribution in [1.82, 2.24) is 0 Å². The summed E-state index contributed by atoms with van der Waals surface area (Å²) in [5.74, 6) is -0.656. The van der Waals surface area contributed by atoms with Crippen molar-refractivity contribution in [1.29, 1.82) is 0 Å². The number of hydrogen-bond donors (Lipinski definition) is 0. The normalized spacial score (nSPS) is 14.2. The Morgan fingerprint density at radius 2 is 1.83 bits per heavy atom. The number of ether oxygens (including phenoxy) is 1. The van der Waals surface area contributed by atoms with Gasteiger partial charge < -0.3 is 4.74 Å². The van der Waals surface area contributed by atoms with E-state index in [1.807, 2.05) is 24.3 Å². The Bertz CT molecular complexity index is 767. The molecule has 3 nitrogen and oxygen atoms in total. The number of ketones is 1. The van der Waals surface area contributed by atoms with E-state index in [0.29, 0.717) is 11.1 Å². The van der Waals surface area contributed by atoms with Gasteiger partial charge in [-0.3, -0.25) is 4.79 Å². The maximum atomic E-state index is 12.5. The zero-order valence-corrected chi connectivity index (χ0v) is 14.4. The van der Waals surface area contributed by atoms with Gasteiger partial charge in [-0.2, -0.15) is 0 Å². The van der Waals surface area contributed by atoms with E-state index in [1.165, 1.54) is 11.1 Å². The van der Waals surface area contributed by atoms with E-state index in [1.54, 1.807) is 25.1 Å². The van der Waals surface area contributed by atoms with Crippen LogP contribution in [0.2, 0.25) is 0 Å². The molecule has 0 heterocycles. The van der Waals surface area contributed by atoms with Crippen LogP contribution in [0.3, 0.4) is 0 Å². The summed E-state index contributed by atoms with van der Waals surface area (Å²) in [5, 5.41) is 0. The Labute approximate surface area is 143 Å². The van der Waals surface area contributed by atoms with Gasteiger partial charge in [-0.15, -0.1) is 0 Å². The molecule has 0 aromatic heterocycles. The Morgan fingerprint density at radius 3 is 2.61 bits per heavy atom. The molecular formula is C19H17BrO3. The number of carbonyl (C=O) groups excluding carboxylic acids is 2. The fourth-order valence-electron chi connectivity index (χ4n) is 2.86. The Balaban J connectivity index is 1.71. The molecule has 0 fully saturated rings. The highest BCUT2D eigenvalue weighted by Gasteiger charge is 2.22. The van der Waals surface area contributed by atoms with E-state index in [-0.39, 0.29) is 5.78 Å². The largest absolute Gasteiger partial charge is 0.451 e. The zero-order chi connectivity index (χ0) is 16.4. The standard InChI is InChI=1S/C19H17BrO3/c1-12(23-19(22)16-6-3-7-17(20)11-16)18(21)15-9-8-13-4-2-5-14(13)10-15/h3,6-12H,2,4-5H2,1H3/t12-/m0/s1. The molecule has 1 aliphatic rings. The number of Topliss-reactive ketones (excluding diaryl/α,β-unsaturated/α-hetero) is 1. The third-order valence-electron chi connectivity index (χ3n) is 4.10. The number of benzene rings is 2. The number of halogens is 1. The highest BCUT2D eigenvalue weighted by Crippen LogP contribution is 2.23. The van der Waals surface area contributed by atoms with Crippen molar-refractivity contribution in [3.63, 3.8) is 0 Å². The second-order valence-electron chi connectivity index (χ2n) is 5.76. The van der Waals surface area contributed by atoms with Crippen LogP contribution in [0.25, 0.3) is 0 Å². The van der Waals surface area contributed by atoms with Gasteiger partial charge in [0.1, 0.15) is 0 Å². The maximum absolute atomic E-state index is 12.5. The van der Waals surface area contributed by atoms with E-state index >= 15 is 0 Å². The van der Waals surface area contributed by atoms with Crippen LogP contribution < -0.4 is 0 Å². The molecule has 118 valence electrons. The number of fused-ring (bicyclic) bond motifs is 1. The Kier molecular flexibility index (Phi) is 4.62. The van der Waals surface area contributed by atoms with Crippen LogP contribution in [0.5, 0.6) is 0 Å². The monoisotopic (exact) mass is 372 g/mol. The molecule has 0 bridgehead atoms. The first-order chi connectivity index (χ1) is 11.0. The number of carbonyl (C=O) groups is 2. The molecule has 3 rings (SSSR count). The lowest BCUT2D eigenvalue weighted by Gasteiger charge is -2.13. The van der Waals surface area contributed by atoms with Crippen molar-refractivity contribution in [2.75, 3.05) is 0 Å². The summed E-state index contributed by atoms with van der Waals surface area (Å²) in [6, 6.07) is 12.7. The third kappa shape index (κ3) is 3.53. The summed E-state index contributed by atoms with van der Waals surface area (Å²) >= 11 is 3.32. The van der Waals surface area contributed by atoms with Crippen molar-refractivity contribution in [3.05, 3.63) is 69.2 Å². The van der Waals surface area contributed by atoms with Gasteiger partial charge in [-0.05, 0) is 61.6 Å². The van der Waals surface area contributed by atoms with Crippen LogP contribution in [-0.2, 0) is 17.6 Å². The van der Waals surface area contributed by atoms with Crippen LogP contribution in [0.4, 0.5) is 0 Å². The summed E-state index contributed by atoms with van der Waals surface area (Å²) in [7, 11) is 0. The summed E-state index contributed by atoms with van der Waals surface area (Å²) < 4.78 is 6.11. The third-order valence-corrected chi connectivity index (χ3v) is 4.59. The predicted molar refractivity (Wildman–Crippen MR) is 91.8 cm³/mol. The quantitative estimate of drug-likeness (QED) is 0.591. The second kappa shape index (κ2) is 6.67. The maximum Gasteiger partial charge on any atom is 0.338 e. The van der Waals surface area contributed by atoms with E-state index in [4.69, 9.17) is 4.74 Å². The molecule has 1 atom stereocenters. The summed E-state index contributed by atoms with van der Waals surface area (Å²) in [4.78, 5) is 24.6. The van der Waals surface area contributed by atoms with Crippen molar-refractivity contribution >= 4 is 27.7 Å². The van der Waals surface area contributed by atoms with E-state index in [0.717, 1.165) is 23.7 Å². The molecule has 0 radical (unpaired) electrons. The minimum atomic E-state index is -0.805. The SMILES string of the molecule is C[C@H](OC(=O)c1cccc(Br)c1)C(=O)c1ccc2c(c1)CCC2. The first-order valence-electron chi connectivity index (χ1n) is 7.67. The van der Waals surface area contributed by atoms with Gasteiger partial charge in [0.05, 0.1) is 5.56 Å². The Hall–Kier alpha value is -1.94. The van der Waals surface area contributed by atoms with Gasteiger partial charge in [0.2, 0.25) is 5.78 Å². The molecule has 0 unspecified atom stereocenters. The van der Waals surface area contributed by atoms with Crippen LogP contribution >= 0.6 is 15.9 Å². The van der Waals surface area contributed by atoms with E-state index < -0.39 is 12.1 Å². The van der Waals surface area contributed by atoms with Crippen molar-refractivity contribution < 1.29 is 14.3 Å². The average molecular weight is 373 g/mol. The van der Waals surface area contributed by atoms with Crippen LogP contribution in [0.1, 0.15) is 45.2 Å². The van der Waals surface area contributed by atoms with Crippen molar-refractivity contribution in [2.45, 2.75) is 32.3 Å². The summed E-state index contributed by atoms with van der Waals surface area (Å²) in [6.45, 7) is 1.62. The molecule has 2 aromatic carbocycles. The molecule has 1 aliphatic carbocycles. The molecule has 4 heteroatoms. The second-order valence-corrected chi connectivity index (χ2v) is 6.67. The smallest absolute Gasteiger partial charge is 0.338 e. The highest BCUT2D eigenvalue weighted by molar-refractivity contribution is 9.10. The molecule has 0 aliphatic heterocycles. The molecule has 0 saturated heterocycles. The van der Waals surface area contributed by atoms with Gasteiger partial charge in [0.15, 0.2) is 6.10 Å². The number of aryl methyl sites for hydroxylation is 2. The van der Waals surface area contributed by atoms with Gasteiger partial charge in [0, 0.05) is 10.0 Å². The van der Waals surface area contributed by atoms with Gasteiger partial charge in [-0.1, -0.05) is 34.1 Å². The fourth-order valence-corrected chi connectivity index (χ4v) is 3.26. The predicted octanol–water partition coefficient (Wildman–Crippen LogP) is 4.37. The minimum absolute atomic E-state index is 0.164. The first kappa shape index (κ1) is 15.9. The van der Waals surface area contributed by atoms with Crippen LogP contribution in [0.15, 0.2) is 46.9 Å². The number of esters is 1. The van der Waals surface area contributed by atoms with Gasteiger partial charge >= 0.3 is 5.97 Å². The molecular weight excluding hydrogens is 356 g/mol. The van der Waals surface area contributed by atoms with Crippen LogP contribution in [0, 0.1) is 0 Å². The van der Waals surface area contributed by atoms with Crippen LogP contribution in [-0.4, -0.2) is 17.9 Å². The first-order valence-corrected chi connectivity index (χ1v) is 8.46.